The molecule has 0 aliphatic rings. The number of ether oxygens (including phenoxy) is 1. The smallest absolute Gasteiger partial charge is 0.387 e. The summed E-state index contributed by atoms with van der Waals surface area (Å²) >= 11 is 0. The number of carbonyl (C=O) groups excluding carboxylic acids is 1. The Kier molecular flexibility index (Phi) is 5.44. The van der Waals surface area contributed by atoms with Gasteiger partial charge in [0.05, 0.1) is 11.1 Å². The largest absolute Gasteiger partial charge is 0.434 e. The van der Waals surface area contributed by atoms with Crippen molar-refractivity contribution in [2.75, 3.05) is 0 Å². The molecule has 1 amide bonds. The summed E-state index contributed by atoms with van der Waals surface area (Å²) in [4.78, 5) is 24.3. The SMILES string of the molecule is C/C(=N/NC(=O)c1n[nH]c(=O)c2ccccc12)c1cc(C)ccc1OC(F)F. The van der Waals surface area contributed by atoms with Crippen molar-refractivity contribution in [3.05, 3.63) is 69.6 Å². The van der Waals surface area contributed by atoms with E-state index in [9.17, 15) is 18.4 Å². The van der Waals surface area contributed by atoms with Crippen LogP contribution in [0.5, 0.6) is 5.75 Å². The number of hydrazone groups is 1. The average Bonchev–Trinajstić information content (AvgIpc) is 2.67. The number of benzene rings is 2. The van der Waals surface area contributed by atoms with Gasteiger partial charge in [0.2, 0.25) is 0 Å². The van der Waals surface area contributed by atoms with Crippen LogP contribution in [-0.4, -0.2) is 28.4 Å². The van der Waals surface area contributed by atoms with Gasteiger partial charge in [-0.3, -0.25) is 9.59 Å². The van der Waals surface area contributed by atoms with Crippen LogP contribution in [0.3, 0.4) is 0 Å². The maximum Gasteiger partial charge on any atom is 0.387 e. The van der Waals surface area contributed by atoms with E-state index in [0.717, 1.165) is 5.56 Å². The molecule has 2 N–H and O–H groups in total. The Hall–Kier alpha value is -3.62. The van der Waals surface area contributed by atoms with Crippen molar-refractivity contribution in [3.8, 4) is 5.75 Å². The summed E-state index contributed by atoms with van der Waals surface area (Å²) in [7, 11) is 0. The Morgan fingerprint density at radius 1 is 1.21 bits per heavy atom. The molecule has 0 unspecified atom stereocenters. The summed E-state index contributed by atoms with van der Waals surface area (Å²) in [6, 6.07) is 11.2. The van der Waals surface area contributed by atoms with E-state index in [1.165, 1.54) is 6.07 Å². The van der Waals surface area contributed by atoms with Crippen molar-refractivity contribution in [3.63, 3.8) is 0 Å². The van der Waals surface area contributed by atoms with Crippen LogP contribution in [0.25, 0.3) is 10.8 Å². The summed E-state index contributed by atoms with van der Waals surface area (Å²) in [6.45, 7) is 0.351. The molecular formula is C19H16F2N4O3. The predicted molar refractivity (Wildman–Crippen MR) is 99.9 cm³/mol. The molecule has 1 aromatic heterocycles. The zero-order valence-corrected chi connectivity index (χ0v) is 15.0. The van der Waals surface area contributed by atoms with Gasteiger partial charge in [-0.05, 0) is 32.0 Å². The second-order valence-electron chi connectivity index (χ2n) is 5.96. The summed E-state index contributed by atoms with van der Waals surface area (Å²) in [6.07, 6.45) is 0. The third-order valence-corrected chi connectivity index (χ3v) is 3.98. The predicted octanol–water partition coefficient (Wildman–Crippen LogP) is 2.99. The fourth-order valence-electron chi connectivity index (χ4n) is 2.66. The molecule has 3 rings (SSSR count). The number of carbonyl (C=O) groups is 1. The van der Waals surface area contributed by atoms with Gasteiger partial charge < -0.3 is 4.74 Å². The van der Waals surface area contributed by atoms with Crippen molar-refractivity contribution >= 4 is 22.4 Å². The van der Waals surface area contributed by atoms with Gasteiger partial charge in [-0.1, -0.05) is 29.8 Å². The summed E-state index contributed by atoms with van der Waals surface area (Å²) in [5, 5.41) is 10.7. The molecule has 0 spiro atoms. The fraction of sp³-hybridized carbons (Fsp3) is 0.158. The molecule has 0 aliphatic carbocycles. The second-order valence-corrected chi connectivity index (χ2v) is 5.96. The van der Waals surface area contributed by atoms with Crippen LogP contribution >= 0.6 is 0 Å². The third kappa shape index (κ3) is 4.03. The van der Waals surface area contributed by atoms with E-state index in [0.29, 0.717) is 16.3 Å². The highest BCUT2D eigenvalue weighted by Gasteiger charge is 2.15. The maximum absolute atomic E-state index is 12.6. The van der Waals surface area contributed by atoms with Crippen molar-refractivity contribution in [1.29, 1.82) is 0 Å². The van der Waals surface area contributed by atoms with E-state index in [4.69, 9.17) is 0 Å². The molecule has 1 heterocycles. The Labute approximate surface area is 158 Å². The highest BCUT2D eigenvalue weighted by molar-refractivity contribution is 6.06. The molecule has 28 heavy (non-hydrogen) atoms. The van der Waals surface area contributed by atoms with Crippen LogP contribution in [0.15, 0.2) is 52.4 Å². The van der Waals surface area contributed by atoms with Gasteiger partial charge in [0.25, 0.3) is 11.5 Å². The monoisotopic (exact) mass is 386 g/mol. The van der Waals surface area contributed by atoms with Gasteiger partial charge in [0, 0.05) is 10.9 Å². The fourth-order valence-corrected chi connectivity index (χ4v) is 2.66. The molecule has 0 radical (unpaired) electrons. The molecule has 9 heteroatoms. The minimum atomic E-state index is -2.99. The first-order valence-electron chi connectivity index (χ1n) is 8.24. The van der Waals surface area contributed by atoms with Crippen molar-refractivity contribution in [2.45, 2.75) is 20.5 Å². The van der Waals surface area contributed by atoms with E-state index in [2.05, 4.69) is 25.5 Å². The van der Waals surface area contributed by atoms with Crippen molar-refractivity contribution in [1.82, 2.24) is 15.6 Å². The molecule has 2 aromatic carbocycles. The number of nitrogens with zero attached hydrogens (tertiary/aromatic N) is 2. The number of rotatable bonds is 5. The molecule has 0 aliphatic heterocycles. The maximum atomic E-state index is 12.6. The lowest BCUT2D eigenvalue weighted by molar-refractivity contribution is -0.0499. The normalized spacial score (nSPS) is 11.7. The summed E-state index contributed by atoms with van der Waals surface area (Å²) in [5.41, 5.74) is 3.30. The quantitative estimate of drug-likeness (QED) is 0.520. The minimum Gasteiger partial charge on any atom is -0.434 e. The van der Waals surface area contributed by atoms with Gasteiger partial charge in [-0.15, -0.1) is 0 Å². The topological polar surface area (TPSA) is 96.4 Å². The van der Waals surface area contributed by atoms with Gasteiger partial charge in [0.15, 0.2) is 5.69 Å². The van der Waals surface area contributed by atoms with Crippen LogP contribution in [0.1, 0.15) is 28.5 Å². The second kappa shape index (κ2) is 7.95. The number of alkyl halides is 2. The van der Waals surface area contributed by atoms with E-state index in [1.807, 2.05) is 0 Å². The van der Waals surface area contributed by atoms with Gasteiger partial charge in [0.1, 0.15) is 5.75 Å². The summed E-state index contributed by atoms with van der Waals surface area (Å²) < 4.78 is 29.7. The number of aryl methyl sites for hydroxylation is 1. The Bertz CT molecular complexity index is 1130. The Morgan fingerprint density at radius 2 is 1.93 bits per heavy atom. The van der Waals surface area contributed by atoms with Crippen molar-refractivity contribution < 1.29 is 18.3 Å². The number of aromatic nitrogens is 2. The highest BCUT2D eigenvalue weighted by atomic mass is 19.3. The lowest BCUT2D eigenvalue weighted by atomic mass is 10.1. The molecule has 144 valence electrons. The molecule has 0 atom stereocenters. The van der Waals surface area contributed by atoms with Gasteiger partial charge in [-0.25, -0.2) is 10.5 Å². The van der Waals surface area contributed by atoms with Gasteiger partial charge in [-0.2, -0.15) is 19.0 Å². The first-order chi connectivity index (χ1) is 13.4. The number of nitrogens with one attached hydrogen (secondary N) is 2. The number of H-pyrrole nitrogens is 1. The number of aromatic amines is 1. The number of halogens is 2. The first-order valence-corrected chi connectivity index (χ1v) is 8.24. The average molecular weight is 386 g/mol. The standard InChI is InChI=1S/C19H16F2N4O3/c1-10-7-8-15(28-19(20)21)14(9-10)11(2)22-25-18(27)16-12-5-3-4-6-13(12)17(26)24-23-16/h3-9,19H,1-2H3,(H,24,26)(H,25,27)/b22-11-. The van der Waals surface area contributed by atoms with Crippen LogP contribution in [0.2, 0.25) is 0 Å². The zero-order chi connectivity index (χ0) is 20.3. The molecule has 0 saturated carbocycles. The van der Waals surface area contributed by atoms with Crippen LogP contribution < -0.4 is 15.7 Å². The summed E-state index contributed by atoms with van der Waals surface area (Å²) in [5.74, 6) is -0.709. The molecule has 0 fully saturated rings. The first kappa shape index (κ1) is 19.2. The van der Waals surface area contributed by atoms with E-state index < -0.39 is 18.1 Å². The van der Waals surface area contributed by atoms with Crippen LogP contribution in [0, 0.1) is 6.92 Å². The van der Waals surface area contributed by atoms with E-state index >= 15 is 0 Å². The lowest BCUT2D eigenvalue weighted by Gasteiger charge is -2.11. The molecule has 0 bridgehead atoms. The van der Waals surface area contributed by atoms with E-state index in [-0.39, 0.29) is 17.2 Å². The minimum absolute atomic E-state index is 0.0138. The molecular weight excluding hydrogens is 370 g/mol. The molecule has 0 saturated heterocycles. The lowest BCUT2D eigenvalue weighted by Crippen LogP contribution is -2.23. The van der Waals surface area contributed by atoms with Crippen LogP contribution in [-0.2, 0) is 0 Å². The highest BCUT2D eigenvalue weighted by Crippen LogP contribution is 2.23. The van der Waals surface area contributed by atoms with Gasteiger partial charge >= 0.3 is 6.61 Å². The molecule has 3 aromatic rings. The van der Waals surface area contributed by atoms with E-state index in [1.54, 1.807) is 50.2 Å². The Balaban J connectivity index is 1.91. The number of hydrogen-bond donors (Lipinski definition) is 2. The van der Waals surface area contributed by atoms with Crippen molar-refractivity contribution in [2.24, 2.45) is 5.10 Å². The molecule has 7 nitrogen and oxygen atoms in total. The zero-order valence-electron chi connectivity index (χ0n) is 15.0. The Morgan fingerprint density at radius 3 is 2.64 bits per heavy atom. The number of amides is 1. The van der Waals surface area contributed by atoms with Crippen LogP contribution in [0.4, 0.5) is 8.78 Å². The third-order valence-electron chi connectivity index (χ3n) is 3.98. The number of fused-ring (bicyclic) bond motifs is 1. The number of hydrogen-bond acceptors (Lipinski definition) is 5.